The summed E-state index contributed by atoms with van der Waals surface area (Å²) in [7, 11) is 0. The molecular formula is C19H16BrN5. The second kappa shape index (κ2) is 6.64. The van der Waals surface area contributed by atoms with Crippen LogP contribution in [0.25, 0.3) is 17.1 Å². The second-order valence-electron chi connectivity index (χ2n) is 5.82. The molecule has 0 aliphatic carbocycles. The van der Waals surface area contributed by atoms with Gasteiger partial charge in [-0.2, -0.15) is 5.10 Å². The highest BCUT2D eigenvalue weighted by Crippen LogP contribution is 2.25. The van der Waals surface area contributed by atoms with Gasteiger partial charge in [0, 0.05) is 28.1 Å². The van der Waals surface area contributed by atoms with Gasteiger partial charge in [0.15, 0.2) is 11.6 Å². The molecule has 0 spiro atoms. The summed E-state index contributed by atoms with van der Waals surface area (Å²) in [5.74, 6) is 1.66. The largest absolute Gasteiger partial charge is 0.277 e. The molecule has 0 aliphatic heterocycles. The maximum absolute atomic E-state index is 4.45. The van der Waals surface area contributed by atoms with Crippen molar-refractivity contribution in [1.29, 1.82) is 0 Å². The van der Waals surface area contributed by atoms with Gasteiger partial charge in [0.2, 0.25) is 0 Å². The van der Waals surface area contributed by atoms with Crippen molar-refractivity contribution in [2.24, 2.45) is 0 Å². The second-order valence-corrected chi connectivity index (χ2v) is 6.74. The van der Waals surface area contributed by atoms with E-state index < -0.39 is 0 Å². The summed E-state index contributed by atoms with van der Waals surface area (Å²) in [6.45, 7) is 2.64. The van der Waals surface area contributed by atoms with Gasteiger partial charge in [-0.05, 0) is 37.3 Å². The quantitative estimate of drug-likeness (QED) is 0.520. The number of rotatable bonds is 4. The number of hydrogen-bond acceptors (Lipinski definition) is 3. The molecule has 0 unspecified atom stereocenters. The van der Waals surface area contributed by atoms with Gasteiger partial charge in [-0.15, -0.1) is 10.2 Å². The van der Waals surface area contributed by atoms with Crippen molar-refractivity contribution in [3.05, 3.63) is 82.9 Å². The average Bonchev–Trinajstić information content (AvgIpc) is 3.27. The Morgan fingerprint density at radius 3 is 2.40 bits per heavy atom. The zero-order valence-electron chi connectivity index (χ0n) is 13.7. The molecule has 6 heteroatoms. The maximum Gasteiger partial charge on any atom is 0.168 e. The lowest BCUT2D eigenvalue weighted by Crippen LogP contribution is -2.09. The molecule has 0 fully saturated rings. The van der Waals surface area contributed by atoms with Crippen molar-refractivity contribution < 1.29 is 0 Å². The SMILES string of the molecule is Cc1ccc(-n2c(Cn3cccn3)nnc2-c2ccc(Br)cc2)cc1. The van der Waals surface area contributed by atoms with Crippen molar-refractivity contribution in [1.82, 2.24) is 24.5 Å². The lowest BCUT2D eigenvalue weighted by Gasteiger charge is -2.11. The Kier molecular flexibility index (Phi) is 4.19. The Balaban J connectivity index is 1.85. The monoisotopic (exact) mass is 393 g/mol. The van der Waals surface area contributed by atoms with Crippen LogP contribution in [0.3, 0.4) is 0 Å². The van der Waals surface area contributed by atoms with Crippen molar-refractivity contribution in [3.63, 3.8) is 0 Å². The van der Waals surface area contributed by atoms with Crippen LogP contribution in [0.15, 0.2) is 71.5 Å². The lowest BCUT2D eigenvalue weighted by molar-refractivity contribution is 0.644. The molecule has 4 rings (SSSR count). The zero-order valence-corrected chi connectivity index (χ0v) is 15.3. The van der Waals surface area contributed by atoms with E-state index >= 15 is 0 Å². The Labute approximate surface area is 154 Å². The van der Waals surface area contributed by atoms with E-state index in [0.29, 0.717) is 6.54 Å². The molecular weight excluding hydrogens is 378 g/mol. The lowest BCUT2D eigenvalue weighted by atomic mass is 10.2. The molecule has 5 nitrogen and oxygen atoms in total. The van der Waals surface area contributed by atoms with Crippen molar-refractivity contribution in [3.8, 4) is 17.1 Å². The van der Waals surface area contributed by atoms with E-state index in [9.17, 15) is 0 Å². The predicted molar refractivity (Wildman–Crippen MR) is 101 cm³/mol. The molecule has 0 amide bonds. The van der Waals surface area contributed by atoms with Gasteiger partial charge in [0.25, 0.3) is 0 Å². The van der Waals surface area contributed by atoms with E-state index in [2.05, 4.69) is 67.0 Å². The predicted octanol–water partition coefficient (Wildman–Crippen LogP) is 4.25. The first-order chi connectivity index (χ1) is 12.2. The topological polar surface area (TPSA) is 48.5 Å². The van der Waals surface area contributed by atoms with Crippen LogP contribution in [-0.4, -0.2) is 24.5 Å². The van der Waals surface area contributed by atoms with Crippen LogP contribution in [0.4, 0.5) is 0 Å². The van der Waals surface area contributed by atoms with Crippen LogP contribution < -0.4 is 0 Å². The molecule has 25 heavy (non-hydrogen) atoms. The molecule has 0 bridgehead atoms. The standard InChI is InChI=1S/C19H16BrN5/c1-14-3-9-17(10-4-14)25-18(13-24-12-2-11-21-24)22-23-19(25)15-5-7-16(20)8-6-15/h2-12H,13H2,1H3. The summed E-state index contributed by atoms with van der Waals surface area (Å²) >= 11 is 3.48. The highest BCUT2D eigenvalue weighted by atomic mass is 79.9. The summed E-state index contributed by atoms with van der Waals surface area (Å²) in [6, 6.07) is 18.4. The molecule has 0 radical (unpaired) electrons. The van der Waals surface area contributed by atoms with Gasteiger partial charge in [-0.1, -0.05) is 45.8 Å². The number of hydrogen-bond donors (Lipinski definition) is 0. The first-order valence-electron chi connectivity index (χ1n) is 7.95. The number of halogens is 1. The first kappa shape index (κ1) is 15.8. The molecule has 2 aromatic carbocycles. The number of nitrogens with zero attached hydrogens (tertiary/aromatic N) is 5. The Bertz CT molecular complexity index is 970. The van der Waals surface area contributed by atoms with Crippen molar-refractivity contribution in [2.75, 3.05) is 0 Å². The van der Waals surface area contributed by atoms with Gasteiger partial charge < -0.3 is 0 Å². The van der Waals surface area contributed by atoms with Crippen LogP contribution in [-0.2, 0) is 6.54 Å². The van der Waals surface area contributed by atoms with E-state index in [0.717, 1.165) is 27.4 Å². The number of aromatic nitrogens is 5. The van der Waals surface area contributed by atoms with Crippen molar-refractivity contribution >= 4 is 15.9 Å². The molecule has 124 valence electrons. The fourth-order valence-corrected chi connectivity index (χ4v) is 2.97. The molecule has 4 aromatic rings. The van der Waals surface area contributed by atoms with E-state index in [1.165, 1.54) is 5.56 Å². The van der Waals surface area contributed by atoms with Crippen LogP contribution in [0.1, 0.15) is 11.4 Å². The minimum Gasteiger partial charge on any atom is -0.277 e. The van der Waals surface area contributed by atoms with Crippen LogP contribution >= 0.6 is 15.9 Å². The number of benzene rings is 2. The fraction of sp³-hybridized carbons (Fsp3) is 0.105. The maximum atomic E-state index is 4.45. The van der Waals surface area contributed by atoms with Crippen LogP contribution in [0.5, 0.6) is 0 Å². The van der Waals surface area contributed by atoms with Crippen molar-refractivity contribution in [2.45, 2.75) is 13.5 Å². The first-order valence-corrected chi connectivity index (χ1v) is 8.75. The minimum atomic E-state index is 0.560. The van der Waals surface area contributed by atoms with E-state index in [4.69, 9.17) is 0 Å². The van der Waals surface area contributed by atoms with Gasteiger partial charge in [0.1, 0.15) is 6.54 Å². The summed E-state index contributed by atoms with van der Waals surface area (Å²) in [4.78, 5) is 0. The highest BCUT2D eigenvalue weighted by molar-refractivity contribution is 9.10. The molecule has 0 saturated carbocycles. The van der Waals surface area contributed by atoms with Gasteiger partial charge in [0.05, 0.1) is 0 Å². The summed E-state index contributed by atoms with van der Waals surface area (Å²) in [5, 5.41) is 13.2. The molecule has 0 aliphatic rings. The third kappa shape index (κ3) is 3.25. The van der Waals surface area contributed by atoms with E-state index in [1.807, 2.05) is 41.2 Å². The zero-order chi connectivity index (χ0) is 17.2. The normalized spacial score (nSPS) is 11.0. The molecule has 0 saturated heterocycles. The Morgan fingerprint density at radius 2 is 1.72 bits per heavy atom. The summed E-state index contributed by atoms with van der Waals surface area (Å²) in [5.41, 5.74) is 3.27. The summed E-state index contributed by atoms with van der Waals surface area (Å²) < 4.78 is 4.97. The molecule has 2 heterocycles. The third-order valence-corrected chi connectivity index (χ3v) is 4.52. The number of aryl methyl sites for hydroxylation is 1. The van der Waals surface area contributed by atoms with Gasteiger partial charge in [-0.25, -0.2) is 0 Å². The molecule has 2 aromatic heterocycles. The Hall–Kier alpha value is -2.73. The minimum absolute atomic E-state index is 0.560. The van der Waals surface area contributed by atoms with Crippen LogP contribution in [0.2, 0.25) is 0 Å². The molecule has 0 atom stereocenters. The average molecular weight is 394 g/mol. The third-order valence-electron chi connectivity index (χ3n) is 3.99. The van der Waals surface area contributed by atoms with E-state index in [-0.39, 0.29) is 0 Å². The fourth-order valence-electron chi connectivity index (χ4n) is 2.71. The summed E-state index contributed by atoms with van der Waals surface area (Å²) in [6.07, 6.45) is 3.69. The highest BCUT2D eigenvalue weighted by Gasteiger charge is 2.16. The van der Waals surface area contributed by atoms with Gasteiger partial charge in [-0.3, -0.25) is 9.25 Å². The Morgan fingerprint density at radius 1 is 0.960 bits per heavy atom. The molecule has 0 N–H and O–H groups in total. The van der Waals surface area contributed by atoms with Gasteiger partial charge >= 0.3 is 0 Å². The van der Waals surface area contributed by atoms with E-state index in [1.54, 1.807) is 6.20 Å². The van der Waals surface area contributed by atoms with Crippen LogP contribution in [0, 0.1) is 6.92 Å². The smallest absolute Gasteiger partial charge is 0.168 e.